The number of hydrogen-bond donors (Lipinski definition) is 0. The van der Waals surface area contributed by atoms with Gasteiger partial charge in [0.1, 0.15) is 0 Å². The van der Waals surface area contributed by atoms with E-state index in [0.717, 1.165) is 65.5 Å². The second-order valence-electron chi connectivity index (χ2n) is 9.16. The Labute approximate surface area is 199 Å². The number of nitrogens with zero attached hydrogens (tertiary/aromatic N) is 1. The minimum absolute atomic E-state index is 0.0585. The Morgan fingerprint density at radius 1 is 1.06 bits per heavy atom. The Bertz CT molecular complexity index is 1320. The third kappa shape index (κ3) is 5.07. The number of piperidine rings is 1. The van der Waals surface area contributed by atoms with Crippen LogP contribution in [0.1, 0.15) is 63.6 Å². The maximum atomic E-state index is 13.4. The molecule has 1 amide bonds. The van der Waals surface area contributed by atoms with E-state index in [1.54, 1.807) is 30.1 Å². The minimum Gasteiger partial charge on any atom is -0.430 e. The first kappa shape index (κ1) is 23.3. The van der Waals surface area contributed by atoms with Crippen molar-refractivity contribution in [3.05, 3.63) is 57.2 Å². The molecule has 2 aromatic carbocycles. The highest BCUT2D eigenvalue weighted by atomic mass is 32.1. The number of ether oxygens (including phenoxy) is 1. The molecule has 0 unspecified atom stereocenters. The maximum absolute atomic E-state index is 13.4. The summed E-state index contributed by atoms with van der Waals surface area (Å²) in [7, 11) is 0. The van der Waals surface area contributed by atoms with Gasteiger partial charge in [-0.1, -0.05) is 31.8 Å². The third-order valence-corrected chi connectivity index (χ3v) is 7.42. The van der Waals surface area contributed by atoms with Crippen LogP contribution in [0.25, 0.3) is 20.2 Å². The summed E-state index contributed by atoms with van der Waals surface area (Å²) in [5.74, 6) is 6.21. The van der Waals surface area contributed by atoms with Gasteiger partial charge in [-0.25, -0.2) is 4.79 Å². The largest absolute Gasteiger partial charge is 0.430 e. The van der Waals surface area contributed by atoms with Gasteiger partial charge in [-0.2, -0.15) is 0 Å². The number of fused-ring (bicyclic) bond motifs is 2. The molecule has 2 heterocycles. The number of hydrogen-bond acceptors (Lipinski definition) is 4. The summed E-state index contributed by atoms with van der Waals surface area (Å²) in [6, 6.07) is 10.0. The van der Waals surface area contributed by atoms with Crippen LogP contribution < -0.4 is 5.43 Å². The predicted molar refractivity (Wildman–Crippen MR) is 137 cm³/mol. The van der Waals surface area contributed by atoms with Crippen molar-refractivity contribution in [3.63, 3.8) is 0 Å². The molecule has 1 fully saturated rings. The van der Waals surface area contributed by atoms with Crippen molar-refractivity contribution in [1.29, 1.82) is 0 Å². The molecule has 1 saturated heterocycles. The number of benzene rings is 2. The fourth-order valence-electron chi connectivity index (χ4n) is 4.25. The average molecular weight is 462 g/mol. The summed E-state index contributed by atoms with van der Waals surface area (Å²) >= 11 is 1.67. The number of amides is 1. The second kappa shape index (κ2) is 9.57. The summed E-state index contributed by atoms with van der Waals surface area (Å²) in [5.41, 5.74) is 2.31. The van der Waals surface area contributed by atoms with Crippen molar-refractivity contribution in [2.24, 2.45) is 0 Å². The first-order chi connectivity index (χ1) is 15.8. The fraction of sp³-hybridized carbons (Fsp3) is 0.429. The lowest BCUT2D eigenvalue weighted by atomic mass is 10.0. The van der Waals surface area contributed by atoms with Crippen LogP contribution in [-0.2, 0) is 17.6 Å². The topological polar surface area (TPSA) is 46.6 Å². The van der Waals surface area contributed by atoms with Gasteiger partial charge in [-0.3, -0.25) is 4.79 Å². The quantitative estimate of drug-likeness (QED) is 0.340. The van der Waals surface area contributed by atoms with Crippen molar-refractivity contribution in [3.8, 4) is 11.8 Å². The summed E-state index contributed by atoms with van der Waals surface area (Å²) in [6.07, 6.45) is 4.70. The van der Waals surface area contributed by atoms with Gasteiger partial charge in [-0.15, -0.1) is 11.3 Å². The zero-order valence-corrected chi connectivity index (χ0v) is 20.7. The molecule has 0 spiro atoms. The van der Waals surface area contributed by atoms with E-state index in [0.29, 0.717) is 5.39 Å². The molecule has 4 nitrogen and oxygen atoms in total. The van der Waals surface area contributed by atoms with E-state index < -0.39 is 5.60 Å². The average Bonchev–Trinajstić information content (AvgIpc) is 2.83. The van der Waals surface area contributed by atoms with Crippen LogP contribution in [0.5, 0.6) is 0 Å². The summed E-state index contributed by atoms with van der Waals surface area (Å²) in [6.45, 7) is 9.34. The van der Waals surface area contributed by atoms with Crippen LogP contribution in [-0.4, -0.2) is 29.7 Å². The molecule has 3 aromatic rings. The lowest BCUT2D eigenvalue weighted by Crippen LogP contribution is -2.40. The van der Waals surface area contributed by atoms with Crippen molar-refractivity contribution >= 4 is 37.6 Å². The standard InChI is InChI=1S/C28H31NO3S/c1-5-19-16-21(6-2)26-23(17-19)25(30)22-18-20(10-11-24(22)33-26)12-13-28(3,4)32-27(31)29-14-8-7-9-15-29/h10-11,16-18H,5-9,14-15H2,1-4H3. The Balaban J connectivity index is 1.66. The van der Waals surface area contributed by atoms with Crippen LogP contribution in [0.15, 0.2) is 35.1 Å². The molecular weight excluding hydrogens is 430 g/mol. The molecule has 0 aliphatic carbocycles. The van der Waals surface area contributed by atoms with Gasteiger partial charge < -0.3 is 9.64 Å². The van der Waals surface area contributed by atoms with Gasteiger partial charge in [0.05, 0.1) is 0 Å². The number of carbonyl (C=O) groups excluding carboxylic acids is 1. The molecule has 1 aliphatic rings. The highest BCUT2D eigenvalue weighted by Gasteiger charge is 2.25. The summed E-state index contributed by atoms with van der Waals surface area (Å²) in [5, 5.41) is 1.49. The van der Waals surface area contributed by atoms with Crippen molar-refractivity contribution in [2.75, 3.05) is 13.1 Å². The van der Waals surface area contributed by atoms with E-state index in [-0.39, 0.29) is 11.5 Å². The monoisotopic (exact) mass is 461 g/mol. The Morgan fingerprint density at radius 3 is 2.52 bits per heavy atom. The summed E-state index contributed by atoms with van der Waals surface area (Å²) < 4.78 is 7.72. The van der Waals surface area contributed by atoms with Gasteiger partial charge in [0.25, 0.3) is 0 Å². The number of likely N-dealkylation sites (tertiary alicyclic amines) is 1. The minimum atomic E-state index is -0.915. The second-order valence-corrected chi connectivity index (χ2v) is 10.2. The third-order valence-electron chi connectivity index (χ3n) is 6.16. The van der Waals surface area contributed by atoms with Crippen LogP contribution in [0.4, 0.5) is 4.79 Å². The smallest absolute Gasteiger partial charge is 0.411 e. The van der Waals surface area contributed by atoms with Gasteiger partial charge in [0.2, 0.25) is 0 Å². The van der Waals surface area contributed by atoms with E-state index in [1.165, 1.54) is 11.1 Å². The molecule has 0 bridgehead atoms. The molecule has 1 aromatic heterocycles. The number of rotatable bonds is 3. The predicted octanol–water partition coefficient (Wildman–Crippen LogP) is 6.29. The first-order valence-corrected chi connectivity index (χ1v) is 12.7. The normalized spacial score (nSPS) is 14.2. The summed E-state index contributed by atoms with van der Waals surface area (Å²) in [4.78, 5) is 27.6. The molecule has 0 N–H and O–H groups in total. The van der Waals surface area contributed by atoms with Crippen molar-refractivity contribution in [1.82, 2.24) is 4.90 Å². The van der Waals surface area contributed by atoms with E-state index in [1.807, 2.05) is 24.3 Å². The lowest BCUT2D eigenvalue weighted by Gasteiger charge is -2.29. The Kier molecular flexibility index (Phi) is 6.76. The molecule has 0 saturated carbocycles. The van der Waals surface area contributed by atoms with Gasteiger partial charge in [0, 0.05) is 38.8 Å². The van der Waals surface area contributed by atoms with Crippen LogP contribution in [0.2, 0.25) is 0 Å². The van der Waals surface area contributed by atoms with E-state index in [4.69, 9.17) is 4.74 Å². The van der Waals surface area contributed by atoms with Crippen molar-refractivity contribution < 1.29 is 9.53 Å². The highest BCUT2D eigenvalue weighted by Crippen LogP contribution is 2.29. The zero-order valence-electron chi connectivity index (χ0n) is 19.9. The maximum Gasteiger partial charge on any atom is 0.411 e. The highest BCUT2D eigenvalue weighted by molar-refractivity contribution is 7.24. The molecule has 33 heavy (non-hydrogen) atoms. The lowest BCUT2D eigenvalue weighted by molar-refractivity contribution is 0.0419. The van der Waals surface area contributed by atoms with Crippen LogP contribution in [0.3, 0.4) is 0 Å². The number of aryl methyl sites for hydroxylation is 2. The Hall–Kier alpha value is -2.84. The van der Waals surface area contributed by atoms with E-state index >= 15 is 0 Å². The molecule has 0 atom stereocenters. The zero-order chi connectivity index (χ0) is 23.6. The number of carbonyl (C=O) groups is 1. The van der Waals surface area contributed by atoms with Crippen LogP contribution in [0, 0.1) is 11.8 Å². The van der Waals surface area contributed by atoms with Crippen molar-refractivity contribution in [2.45, 2.75) is 65.4 Å². The molecule has 1 aliphatic heterocycles. The molecule has 0 radical (unpaired) electrons. The molecule has 4 rings (SSSR count). The fourth-order valence-corrected chi connectivity index (χ4v) is 5.46. The SMILES string of the molecule is CCc1cc(CC)c2sc3ccc(C#CC(C)(C)OC(=O)N4CCCCC4)cc3c(=O)c2c1. The van der Waals surface area contributed by atoms with E-state index in [9.17, 15) is 9.59 Å². The molecular formula is C28H31NO3S. The Morgan fingerprint density at radius 2 is 1.82 bits per heavy atom. The van der Waals surface area contributed by atoms with Gasteiger partial charge >= 0.3 is 6.09 Å². The first-order valence-electron chi connectivity index (χ1n) is 11.8. The molecule has 5 heteroatoms. The molecule has 172 valence electrons. The van der Waals surface area contributed by atoms with Crippen LogP contribution >= 0.6 is 11.3 Å². The van der Waals surface area contributed by atoms with Gasteiger partial charge in [0.15, 0.2) is 11.0 Å². The van der Waals surface area contributed by atoms with Gasteiger partial charge in [-0.05, 0) is 81.3 Å². The van der Waals surface area contributed by atoms with E-state index in [2.05, 4.69) is 31.8 Å².